The number of carbonyl (C=O) groups is 1. The quantitative estimate of drug-likeness (QED) is 0.810. The molecule has 2 aromatic rings. The molecule has 2 unspecified atom stereocenters. The number of nitrogens with zero attached hydrogens (tertiary/aromatic N) is 2. The predicted octanol–water partition coefficient (Wildman–Crippen LogP) is 2.52. The lowest BCUT2D eigenvalue weighted by molar-refractivity contribution is 0.0919. The number of amides is 1. The molecule has 2 atom stereocenters. The van der Waals surface area contributed by atoms with Crippen molar-refractivity contribution in [2.24, 2.45) is 11.7 Å². The van der Waals surface area contributed by atoms with E-state index in [2.05, 4.69) is 10.4 Å². The number of rotatable bonds is 7. The van der Waals surface area contributed by atoms with Gasteiger partial charge in [0.2, 0.25) is 0 Å². The van der Waals surface area contributed by atoms with Gasteiger partial charge in [-0.1, -0.05) is 31.5 Å². The van der Waals surface area contributed by atoms with Crippen molar-refractivity contribution in [1.29, 1.82) is 0 Å². The van der Waals surface area contributed by atoms with Crippen LogP contribution in [0.2, 0.25) is 0 Å². The van der Waals surface area contributed by atoms with Gasteiger partial charge in [0.15, 0.2) is 11.4 Å². The van der Waals surface area contributed by atoms with E-state index in [9.17, 15) is 4.79 Å². The Morgan fingerprint density at radius 2 is 2.16 bits per heavy atom. The predicted molar refractivity (Wildman–Crippen MR) is 97.0 cm³/mol. The van der Waals surface area contributed by atoms with E-state index in [-0.39, 0.29) is 11.9 Å². The molecule has 6 nitrogen and oxygen atoms in total. The van der Waals surface area contributed by atoms with E-state index in [0.717, 1.165) is 31.4 Å². The number of hydrogen-bond donors (Lipinski definition) is 2. The molecule has 1 aromatic heterocycles. The van der Waals surface area contributed by atoms with Gasteiger partial charge in [0.05, 0.1) is 18.5 Å². The van der Waals surface area contributed by atoms with Crippen molar-refractivity contribution in [2.45, 2.75) is 38.6 Å². The molecule has 25 heavy (non-hydrogen) atoms. The SMILES string of the molecule is CCCOc1cn(-c2ccccc2)nc1C(=O)NC1CCCC1CN. The lowest BCUT2D eigenvalue weighted by atomic mass is 10.0. The van der Waals surface area contributed by atoms with Gasteiger partial charge in [0, 0.05) is 6.04 Å². The van der Waals surface area contributed by atoms with Crippen molar-refractivity contribution in [3.63, 3.8) is 0 Å². The maximum Gasteiger partial charge on any atom is 0.275 e. The Balaban J connectivity index is 1.82. The summed E-state index contributed by atoms with van der Waals surface area (Å²) in [6.07, 6.45) is 5.78. The molecular formula is C19H26N4O2. The number of aromatic nitrogens is 2. The van der Waals surface area contributed by atoms with E-state index in [4.69, 9.17) is 10.5 Å². The number of hydrogen-bond acceptors (Lipinski definition) is 4. The third-order valence-electron chi connectivity index (χ3n) is 4.66. The van der Waals surface area contributed by atoms with Crippen LogP contribution in [0, 0.1) is 5.92 Å². The fourth-order valence-electron chi connectivity index (χ4n) is 3.29. The summed E-state index contributed by atoms with van der Waals surface area (Å²) in [6.45, 7) is 3.18. The highest BCUT2D eigenvalue weighted by molar-refractivity contribution is 5.95. The summed E-state index contributed by atoms with van der Waals surface area (Å²) in [4.78, 5) is 12.8. The highest BCUT2D eigenvalue weighted by Crippen LogP contribution is 2.26. The first-order chi connectivity index (χ1) is 12.2. The van der Waals surface area contributed by atoms with Crippen LogP contribution in [0.1, 0.15) is 43.1 Å². The maximum absolute atomic E-state index is 12.8. The Labute approximate surface area is 148 Å². The van der Waals surface area contributed by atoms with E-state index in [1.54, 1.807) is 10.9 Å². The summed E-state index contributed by atoms with van der Waals surface area (Å²) in [6, 6.07) is 9.83. The Morgan fingerprint density at radius 3 is 2.88 bits per heavy atom. The molecule has 1 amide bonds. The fraction of sp³-hybridized carbons (Fsp3) is 0.474. The first kappa shape index (κ1) is 17.5. The van der Waals surface area contributed by atoms with Crippen molar-refractivity contribution in [2.75, 3.05) is 13.2 Å². The molecular weight excluding hydrogens is 316 g/mol. The van der Waals surface area contributed by atoms with Gasteiger partial charge >= 0.3 is 0 Å². The first-order valence-electron chi connectivity index (χ1n) is 9.01. The fourth-order valence-corrected chi connectivity index (χ4v) is 3.29. The number of ether oxygens (including phenoxy) is 1. The molecule has 0 bridgehead atoms. The van der Waals surface area contributed by atoms with Crippen LogP contribution in [0.3, 0.4) is 0 Å². The van der Waals surface area contributed by atoms with Crippen LogP contribution in [0.15, 0.2) is 36.5 Å². The van der Waals surface area contributed by atoms with Gasteiger partial charge in [-0.3, -0.25) is 4.79 Å². The van der Waals surface area contributed by atoms with Gasteiger partial charge in [-0.25, -0.2) is 4.68 Å². The van der Waals surface area contributed by atoms with Crippen molar-refractivity contribution in [3.8, 4) is 11.4 Å². The van der Waals surface area contributed by atoms with Crippen LogP contribution >= 0.6 is 0 Å². The molecule has 1 fully saturated rings. The van der Waals surface area contributed by atoms with E-state index in [1.165, 1.54) is 0 Å². The Kier molecular flexibility index (Phi) is 5.71. The molecule has 1 aliphatic carbocycles. The summed E-state index contributed by atoms with van der Waals surface area (Å²) in [5.41, 5.74) is 7.04. The second-order valence-electron chi connectivity index (χ2n) is 6.48. The second kappa shape index (κ2) is 8.16. The minimum Gasteiger partial charge on any atom is -0.489 e. The summed E-state index contributed by atoms with van der Waals surface area (Å²) in [7, 11) is 0. The molecule has 1 saturated carbocycles. The second-order valence-corrected chi connectivity index (χ2v) is 6.48. The molecule has 0 radical (unpaired) electrons. The van der Waals surface area contributed by atoms with Crippen molar-refractivity contribution in [3.05, 3.63) is 42.2 Å². The third kappa shape index (κ3) is 4.02. The Morgan fingerprint density at radius 1 is 1.36 bits per heavy atom. The first-order valence-corrected chi connectivity index (χ1v) is 9.01. The average molecular weight is 342 g/mol. The highest BCUT2D eigenvalue weighted by Gasteiger charge is 2.29. The monoisotopic (exact) mass is 342 g/mol. The third-order valence-corrected chi connectivity index (χ3v) is 4.66. The zero-order valence-electron chi connectivity index (χ0n) is 14.6. The van der Waals surface area contributed by atoms with Crippen LogP contribution in [0.25, 0.3) is 5.69 Å². The summed E-state index contributed by atoms with van der Waals surface area (Å²) in [5.74, 6) is 0.678. The molecule has 1 heterocycles. The van der Waals surface area contributed by atoms with Gasteiger partial charge in [-0.05, 0) is 43.9 Å². The van der Waals surface area contributed by atoms with E-state index in [1.807, 2.05) is 37.3 Å². The van der Waals surface area contributed by atoms with Gasteiger partial charge in [0.1, 0.15) is 0 Å². The Hall–Kier alpha value is -2.34. The minimum atomic E-state index is -0.189. The van der Waals surface area contributed by atoms with Crippen LogP contribution in [0.5, 0.6) is 5.75 Å². The minimum absolute atomic E-state index is 0.124. The molecule has 0 spiro atoms. The average Bonchev–Trinajstić information content (AvgIpc) is 3.27. The molecule has 3 rings (SSSR count). The number of nitrogens with two attached hydrogens (primary N) is 1. The maximum atomic E-state index is 12.8. The standard InChI is InChI=1S/C19H26N4O2/c1-2-11-25-17-13-23(15-8-4-3-5-9-15)22-18(17)19(24)21-16-10-6-7-14(16)12-20/h3-5,8-9,13-14,16H,2,6-7,10-12,20H2,1H3,(H,21,24). The van der Waals surface area contributed by atoms with E-state index in [0.29, 0.717) is 30.5 Å². The molecule has 1 aromatic carbocycles. The van der Waals surface area contributed by atoms with Gasteiger partial charge in [-0.15, -0.1) is 0 Å². The van der Waals surface area contributed by atoms with Crippen LogP contribution in [-0.2, 0) is 0 Å². The lowest BCUT2D eigenvalue weighted by Crippen LogP contribution is -2.40. The summed E-state index contributed by atoms with van der Waals surface area (Å²) < 4.78 is 7.45. The number of nitrogens with one attached hydrogen (secondary N) is 1. The number of carbonyl (C=O) groups excluding carboxylic acids is 1. The number of benzene rings is 1. The van der Waals surface area contributed by atoms with Crippen LogP contribution < -0.4 is 15.8 Å². The summed E-state index contributed by atoms with van der Waals surface area (Å²) >= 11 is 0. The van der Waals surface area contributed by atoms with E-state index >= 15 is 0 Å². The number of para-hydroxylation sites is 1. The zero-order valence-corrected chi connectivity index (χ0v) is 14.6. The van der Waals surface area contributed by atoms with Crippen molar-refractivity contribution in [1.82, 2.24) is 15.1 Å². The van der Waals surface area contributed by atoms with Crippen molar-refractivity contribution >= 4 is 5.91 Å². The lowest BCUT2D eigenvalue weighted by Gasteiger charge is -2.19. The molecule has 3 N–H and O–H groups in total. The highest BCUT2D eigenvalue weighted by atomic mass is 16.5. The molecule has 0 saturated heterocycles. The normalized spacial score (nSPS) is 19.8. The molecule has 6 heteroatoms. The molecule has 1 aliphatic rings. The Bertz CT molecular complexity index is 699. The summed E-state index contributed by atoms with van der Waals surface area (Å²) in [5, 5.41) is 7.58. The van der Waals surface area contributed by atoms with Crippen molar-refractivity contribution < 1.29 is 9.53 Å². The zero-order chi connectivity index (χ0) is 17.6. The molecule has 134 valence electrons. The molecule has 0 aliphatic heterocycles. The van der Waals surface area contributed by atoms with Crippen LogP contribution in [-0.4, -0.2) is 34.9 Å². The van der Waals surface area contributed by atoms with Gasteiger partial charge in [0.25, 0.3) is 5.91 Å². The van der Waals surface area contributed by atoms with E-state index < -0.39 is 0 Å². The van der Waals surface area contributed by atoms with Gasteiger partial charge in [-0.2, -0.15) is 5.10 Å². The van der Waals surface area contributed by atoms with Gasteiger partial charge < -0.3 is 15.8 Å². The largest absolute Gasteiger partial charge is 0.489 e. The topological polar surface area (TPSA) is 82.2 Å². The van der Waals surface area contributed by atoms with Crippen LogP contribution in [0.4, 0.5) is 0 Å². The smallest absolute Gasteiger partial charge is 0.275 e.